The number of rotatable bonds is 4. The van der Waals surface area contributed by atoms with Crippen molar-refractivity contribution < 1.29 is 23.4 Å². The summed E-state index contributed by atoms with van der Waals surface area (Å²) in [5.41, 5.74) is -2.75. The summed E-state index contributed by atoms with van der Waals surface area (Å²) >= 11 is 6.16. The Morgan fingerprint density at radius 3 is 2.40 bits per heavy atom. The first kappa shape index (κ1) is 23.7. The van der Waals surface area contributed by atoms with Crippen LogP contribution in [0.4, 0.5) is 0 Å². The highest BCUT2D eigenvalue weighted by Gasteiger charge is 2.79. The Bertz CT molecular complexity index is 1440. The second kappa shape index (κ2) is 8.01. The van der Waals surface area contributed by atoms with Gasteiger partial charge in [0.2, 0.25) is 10.0 Å². The summed E-state index contributed by atoms with van der Waals surface area (Å²) in [6, 6.07) is 18.6. The number of pyridine rings is 1. The Morgan fingerprint density at radius 1 is 1.14 bits per heavy atom. The zero-order valence-electron chi connectivity index (χ0n) is 18.8. The summed E-state index contributed by atoms with van der Waals surface area (Å²) < 4.78 is 34.8. The fraction of sp³-hybridized carbons (Fsp3) is 0.280. The van der Waals surface area contributed by atoms with Crippen LogP contribution in [0.25, 0.3) is 0 Å². The first-order valence-electron chi connectivity index (χ1n) is 10.8. The molecular weight excluding hydrogens is 490 g/mol. The molecule has 2 aliphatic rings. The highest BCUT2D eigenvalue weighted by atomic mass is 35.5. The van der Waals surface area contributed by atoms with Crippen molar-refractivity contribution in [3.8, 4) is 11.8 Å². The predicted molar refractivity (Wildman–Crippen MR) is 128 cm³/mol. The van der Waals surface area contributed by atoms with Gasteiger partial charge in [-0.1, -0.05) is 54.1 Å². The number of nitriles is 1. The van der Waals surface area contributed by atoms with Crippen molar-refractivity contribution in [1.82, 2.24) is 9.29 Å². The lowest BCUT2D eigenvalue weighted by Crippen LogP contribution is -2.52. The van der Waals surface area contributed by atoms with Crippen molar-refractivity contribution in [2.45, 2.75) is 28.5 Å². The Kier molecular flexibility index (Phi) is 5.43. The first-order chi connectivity index (χ1) is 16.6. The highest BCUT2D eigenvalue weighted by Crippen LogP contribution is 2.67. The van der Waals surface area contributed by atoms with Crippen LogP contribution in [-0.2, 0) is 21.2 Å². The molecule has 1 aliphatic carbocycles. The van der Waals surface area contributed by atoms with Gasteiger partial charge in [0, 0.05) is 26.4 Å². The number of aromatic nitrogens is 1. The fourth-order valence-corrected chi connectivity index (χ4v) is 7.29. The van der Waals surface area contributed by atoms with Crippen LogP contribution in [-0.4, -0.2) is 53.4 Å². The molecule has 5 rings (SSSR count). The van der Waals surface area contributed by atoms with Gasteiger partial charge in [-0.3, -0.25) is 4.98 Å². The molecule has 0 unspecified atom stereocenters. The van der Waals surface area contributed by atoms with E-state index < -0.39 is 38.5 Å². The number of aliphatic hydroxyl groups is 2. The smallest absolute Gasteiger partial charge is 0.219 e. The monoisotopic (exact) mass is 511 g/mol. The summed E-state index contributed by atoms with van der Waals surface area (Å²) in [5, 5.41) is 32.2. The molecule has 2 aromatic carbocycles. The van der Waals surface area contributed by atoms with Gasteiger partial charge in [-0.15, -0.1) is 0 Å². The zero-order chi connectivity index (χ0) is 25.2. The van der Waals surface area contributed by atoms with E-state index in [9.17, 15) is 23.9 Å². The molecule has 0 spiro atoms. The summed E-state index contributed by atoms with van der Waals surface area (Å²) in [6.45, 7) is 0. The normalized spacial score (nSPS) is 29.3. The SMILES string of the molecule is CN(C)S(=O)(=O)[C@H]1[C@@H](O)[C@@]2(O)c3ncc(Cl)cc3O[C@@]2(c2ccc(C#N)cc2)[C@@H]1c1ccccc1. The maximum atomic E-state index is 13.7. The Hall–Kier alpha value is -3.00. The van der Waals surface area contributed by atoms with E-state index in [1.165, 1.54) is 26.4 Å². The van der Waals surface area contributed by atoms with Crippen LogP contribution in [0, 0.1) is 11.3 Å². The third-order valence-corrected chi connectivity index (χ3v) is 9.42. The molecule has 1 aromatic heterocycles. The zero-order valence-corrected chi connectivity index (χ0v) is 20.4. The van der Waals surface area contributed by atoms with Crippen LogP contribution in [0.1, 0.15) is 28.3 Å². The number of benzene rings is 2. The van der Waals surface area contributed by atoms with Gasteiger partial charge < -0.3 is 14.9 Å². The molecule has 2 N–H and O–H groups in total. The third kappa shape index (κ3) is 3.08. The molecule has 2 heterocycles. The van der Waals surface area contributed by atoms with Gasteiger partial charge in [-0.25, -0.2) is 12.7 Å². The molecular formula is C25H22ClN3O5S. The average molecular weight is 512 g/mol. The minimum Gasteiger partial charge on any atom is -0.476 e. The second-order valence-corrected chi connectivity index (χ2v) is 11.7. The Morgan fingerprint density at radius 2 is 1.80 bits per heavy atom. The van der Waals surface area contributed by atoms with Gasteiger partial charge in [0.15, 0.2) is 11.2 Å². The molecule has 0 radical (unpaired) electrons. The molecule has 10 heteroatoms. The van der Waals surface area contributed by atoms with Gasteiger partial charge >= 0.3 is 0 Å². The number of aliphatic hydroxyl groups excluding tert-OH is 1. The summed E-state index contributed by atoms with van der Waals surface area (Å²) in [4.78, 5) is 4.29. The first-order valence-corrected chi connectivity index (χ1v) is 12.7. The molecule has 35 heavy (non-hydrogen) atoms. The van der Waals surface area contributed by atoms with E-state index >= 15 is 0 Å². The molecule has 0 amide bonds. The van der Waals surface area contributed by atoms with Crippen molar-refractivity contribution in [3.63, 3.8) is 0 Å². The average Bonchev–Trinajstić information content (AvgIpc) is 3.22. The summed E-state index contributed by atoms with van der Waals surface area (Å²) in [6.07, 6.45) is -0.500. The number of hydrogen-bond donors (Lipinski definition) is 2. The lowest BCUT2D eigenvalue weighted by molar-refractivity contribution is -0.150. The van der Waals surface area contributed by atoms with Gasteiger partial charge in [-0.05, 0) is 23.3 Å². The van der Waals surface area contributed by atoms with E-state index in [4.69, 9.17) is 16.3 Å². The largest absolute Gasteiger partial charge is 0.476 e. The standard InChI is InChI=1S/C25H22ClN3O5S/c1-29(2)35(32,33)21-20(16-6-4-3-5-7-16)25(17-10-8-15(13-27)9-11-17)24(31,23(21)30)22-19(34-25)12-18(26)14-28-22/h3-12,14,20-21,23,30-31H,1-2H3/t20-,21-,23-,24+,25+/m1/s1. The Balaban J connectivity index is 1.90. The van der Waals surface area contributed by atoms with E-state index in [1.807, 2.05) is 0 Å². The van der Waals surface area contributed by atoms with E-state index in [0.29, 0.717) is 16.7 Å². The molecule has 0 saturated heterocycles. The lowest BCUT2D eigenvalue weighted by atomic mass is 9.72. The lowest BCUT2D eigenvalue weighted by Gasteiger charge is -2.40. The van der Waals surface area contributed by atoms with Crippen LogP contribution in [0.3, 0.4) is 0 Å². The predicted octanol–water partition coefficient (Wildman–Crippen LogP) is 2.50. The number of nitrogens with zero attached hydrogens (tertiary/aromatic N) is 3. The van der Waals surface area contributed by atoms with Crippen molar-refractivity contribution in [2.24, 2.45) is 0 Å². The summed E-state index contributed by atoms with van der Waals surface area (Å²) in [5.74, 6) is -0.915. The van der Waals surface area contributed by atoms with Crippen LogP contribution in [0.2, 0.25) is 5.02 Å². The Labute approximate surface area is 208 Å². The van der Waals surface area contributed by atoms with Crippen LogP contribution in [0.15, 0.2) is 66.9 Å². The molecule has 3 aromatic rings. The van der Waals surface area contributed by atoms with Crippen LogP contribution in [0.5, 0.6) is 5.75 Å². The molecule has 1 saturated carbocycles. The molecule has 180 valence electrons. The van der Waals surface area contributed by atoms with Crippen molar-refractivity contribution in [1.29, 1.82) is 5.26 Å². The number of halogens is 1. The van der Waals surface area contributed by atoms with E-state index in [0.717, 1.165) is 4.31 Å². The number of hydrogen-bond acceptors (Lipinski definition) is 7. The minimum atomic E-state index is -4.14. The molecule has 1 aliphatic heterocycles. The number of fused-ring (bicyclic) bond motifs is 3. The molecule has 5 atom stereocenters. The third-order valence-electron chi connectivity index (χ3n) is 6.98. The number of ether oxygens (including phenoxy) is 1. The van der Waals surface area contributed by atoms with Gasteiger partial charge in [0.1, 0.15) is 22.8 Å². The van der Waals surface area contributed by atoms with Gasteiger partial charge in [0.05, 0.1) is 22.6 Å². The van der Waals surface area contributed by atoms with Gasteiger partial charge in [-0.2, -0.15) is 5.26 Å². The molecule has 0 bridgehead atoms. The van der Waals surface area contributed by atoms with Gasteiger partial charge in [0.25, 0.3) is 0 Å². The van der Waals surface area contributed by atoms with Crippen LogP contribution >= 0.6 is 11.6 Å². The quantitative estimate of drug-likeness (QED) is 0.551. The van der Waals surface area contributed by atoms with Crippen molar-refractivity contribution >= 4 is 21.6 Å². The second-order valence-electron chi connectivity index (χ2n) is 8.92. The summed E-state index contributed by atoms with van der Waals surface area (Å²) in [7, 11) is -1.38. The van der Waals surface area contributed by atoms with Crippen LogP contribution < -0.4 is 4.74 Å². The van der Waals surface area contributed by atoms with E-state index in [2.05, 4.69) is 11.1 Å². The van der Waals surface area contributed by atoms with E-state index in [1.54, 1.807) is 54.6 Å². The fourth-order valence-electron chi connectivity index (χ4n) is 5.44. The maximum Gasteiger partial charge on any atom is 0.219 e. The minimum absolute atomic E-state index is 0.00357. The van der Waals surface area contributed by atoms with Crippen molar-refractivity contribution in [2.75, 3.05) is 14.1 Å². The number of sulfonamides is 1. The molecule has 1 fully saturated rings. The maximum absolute atomic E-state index is 13.7. The van der Waals surface area contributed by atoms with E-state index in [-0.39, 0.29) is 16.5 Å². The van der Waals surface area contributed by atoms with Crippen molar-refractivity contribution in [3.05, 3.63) is 94.3 Å². The molecule has 8 nitrogen and oxygen atoms in total. The topological polar surface area (TPSA) is 124 Å². The highest BCUT2D eigenvalue weighted by molar-refractivity contribution is 7.89.